The van der Waals surface area contributed by atoms with Gasteiger partial charge in [-0.3, -0.25) is 4.79 Å². The van der Waals surface area contributed by atoms with Gasteiger partial charge in [0.1, 0.15) is 0 Å². The normalized spacial score (nSPS) is 13.0. The molecule has 1 heterocycles. The van der Waals surface area contributed by atoms with Crippen LogP contribution in [0.1, 0.15) is 18.4 Å². The van der Waals surface area contributed by atoms with Gasteiger partial charge in [0, 0.05) is 25.0 Å². The lowest BCUT2D eigenvalue weighted by Gasteiger charge is -2.05. The zero-order valence-electron chi connectivity index (χ0n) is 18.4. The van der Waals surface area contributed by atoms with Crippen molar-refractivity contribution < 1.29 is 21.6 Å². The Balaban J connectivity index is 1.77. The number of thiazole rings is 1. The second-order valence-electron chi connectivity index (χ2n) is 7.62. The Kier molecular flexibility index (Phi) is 8.54. The van der Waals surface area contributed by atoms with Gasteiger partial charge in [0.05, 0.1) is 26.6 Å². The minimum Gasteiger partial charge on any atom is -0.316 e. The lowest BCUT2D eigenvalue weighted by molar-refractivity contribution is -0.118. The third kappa shape index (κ3) is 7.26. The highest BCUT2D eigenvalue weighted by Gasteiger charge is 2.15. The first-order valence-corrected chi connectivity index (χ1v) is 16.2. The first-order chi connectivity index (χ1) is 15.6. The maximum absolute atomic E-state index is 12.5. The molecular weight excluding hydrogens is 501 g/mol. The summed E-state index contributed by atoms with van der Waals surface area (Å²) in [5, 5.41) is 0. The Hall–Kier alpha value is -1.95. The van der Waals surface area contributed by atoms with E-state index >= 15 is 0 Å². The number of aryl methyl sites for hydroxylation is 1. The lowest BCUT2D eigenvalue weighted by Crippen LogP contribution is -2.18. The van der Waals surface area contributed by atoms with Crippen molar-refractivity contribution in [2.75, 3.05) is 24.0 Å². The zero-order chi connectivity index (χ0) is 24.1. The number of amides is 1. The van der Waals surface area contributed by atoms with E-state index in [9.17, 15) is 21.6 Å². The van der Waals surface area contributed by atoms with Crippen LogP contribution in [0.3, 0.4) is 0 Å². The Bertz CT molecular complexity index is 1410. The van der Waals surface area contributed by atoms with Crippen molar-refractivity contribution in [2.45, 2.75) is 30.0 Å². The number of fused-ring (bicyclic) bond motifs is 1. The molecule has 3 aromatic rings. The van der Waals surface area contributed by atoms with Gasteiger partial charge in [0.25, 0.3) is 0 Å². The van der Waals surface area contributed by atoms with E-state index < -0.39 is 25.6 Å². The number of sulfone groups is 2. The molecule has 0 radical (unpaired) electrons. The molecule has 33 heavy (non-hydrogen) atoms. The van der Waals surface area contributed by atoms with Crippen molar-refractivity contribution in [3.63, 3.8) is 0 Å². The highest BCUT2D eigenvalue weighted by Crippen LogP contribution is 2.22. The molecule has 7 nitrogen and oxygen atoms in total. The Labute approximate surface area is 202 Å². The minimum atomic E-state index is -3.35. The Morgan fingerprint density at radius 3 is 2.48 bits per heavy atom. The van der Waals surface area contributed by atoms with Crippen molar-refractivity contribution >= 4 is 58.9 Å². The number of hydrogen-bond acceptors (Lipinski definition) is 7. The van der Waals surface area contributed by atoms with E-state index in [-0.39, 0.29) is 29.2 Å². The monoisotopic (exact) mass is 526 g/mol. The van der Waals surface area contributed by atoms with Crippen LogP contribution in [0, 0.1) is 0 Å². The molecule has 1 amide bonds. The summed E-state index contributed by atoms with van der Waals surface area (Å²) < 4.78 is 51.1. The maximum Gasteiger partial charge on any atom is 0.248 e. The molecule has 0 bridgehead atoms. The van der Waals surface area contributed by atoms with Gasteiger partial charge in [-0.2, -0.15) is 16.8 Å². The molecule has 0 aliphatic heterocycles. The topological polar surface area (TPSA) is 103 Å². The number of carbonyl (C=O) groups is 1. The second kappa shape index (κ2) is 11.0. The van der Waals surface area contributed by atoms with Gasteiger partial charge in [-0.05, 0) is 36.4 Å². The quantitative estimate of drug-likeness (QED) is 0.402. The van der Waals surface area contributed by atoms with Crippen LogP contribution in [0.25, 0.3) is 10.2 Å². The molecule has 0 aliphatic carbocycles. The molecule has 0 unspecified atom stereocenters. The molecule has 0 N–H and O–H groups in total. The van der Waals surface area contributed by atoms with E-state index in [1.54, 1.807) is 54.2 Å². The predicted molar refractivity (Wildman–Crippen MR) is 135 cm³/mol. The predicted octanol–water partition coefficient (Wildman–Crippen LogP) is 3.29. The standard InChI is InChI=1S/C22H26N2O5S4/c1-30-13-12-24-19-11-10-18(32(2,26)27)15-20(19)31-22(24)23-21(25)9-6-14-33(28,29)16-17-7-4-3-5-8-17/h3-5,7-8,10-11,15H,6,9,12-14,16H2,1-2H3. The number of thioether (sulfide) groups is 1. The molecule has 0 spiro atoms. The number of aromatic nitrogens is 1. The first kappa shape index (κ1) is 25.7. The summed E-state index contributed by atoms with van der Waals surface area (Å²) in [5.41, 5.74) is 1.54. The van der Waals surface area contributed by atoms with Crippen LogP contribution in [0.15, 0.2) is 58.4 Å². The third-order valence-electron chi connectivity index (χ3n) is 4.90. The fourth-order valence-corrected chi connectivity index (χ4v) is 6.90. The van der Waals surface area contributed by atoms with Gasteiger partial charge in [0.15, 0.2) is 24.5 Å². The molecule has 0 saturated carbocycles. The average molecular weight is 527 g/mol. The van der Waals surface area contributed by atoms with Crippen LogP contribution < -0.4 is 4.80 Å². The number of carbonyl (C=O) groups excluding carboxylic acids is 1. The summed E-state index contributed by atoms with van der Waals surface area (Å²) >= 11 is 2.91. The van der Waals surface area contributed by atoms with Crippen LogP contribution >= 0.6 is 23.1 Å². The number of hydrogen-bond donors (Lipinski definition) is 0. The summed E-state index contributed by atoms with van der Waals surface area (Å²) in [6, 6.07) is 13.9. The van der Waals surface area contributed by atoms with Crippen molar-refractivity contribution in [3.8, 4) is 0 Å². The van der Waals surface area contributed by atoms with Gasteiger partial charge in [-0.25, -0.2) is 16.8 Å². The summed E-state index contributed by atoms with van der Waals surface area (Å²) in [6.07, 6.45) is 3.36. The minimum absolute atomic E-state index is 0.0272. The Morgan fingerprint density at radius 1 is 1.09 bits per heavy atom. The number of nitrogens with zero attached hydrogens (tertiary/aromatic N) is 2. The lowest BCUT2D eigenvalue weighted by atomic mass is 10.2. The van der Waals surface area contributed by atoms with Crippen molar-refractivity contribution in [2.24, 2.45) is 4.99 Å². The number of rotatable bonds is 10. The van der Waals surface area contributed by atoms with E-state index in [4.69, 9.17) is 0 Å². The van der Waals surface area contributed by atoms with Gasteiger partial charge in [0.2, 0.25) is 5.91 Å². The third-order valence-corrected chi connectivity index (χ3v) is 9.32. The summed E-state index contributed by atoms with van der Waals surface area (Å²) in [7, 11) is -6.67. The van der Waals surface area contributed by atoms with Crippen LogP contribution in [0.2, 0.25) is 0 Å². The van der Waals surface area contributed by atoms with E-state index in [1.807, 2.05) is 16.9 Å². The highest BCUT2D eigenvalue weighted by atomic mass is 32.2. The van der Waals surface area contributed by atoms with Crippen LogP contribution in [0.5, 0.6) is 0 Å². The molecule has 0 fully saturated rings. The van der Waals surface area contributed by atoms with E-state index in [2.05, 4.69) is 4.99 Å². The maximum atomic E-state index is 12.5. The van der Waals surface area contributed by atoms with Gasteiger partial charge in [-0.15, -0.1) is 0 Å². The zero-order valence-corrected chi connectivity index (χ0v) is 21.7. The molecule has 0 aliphatic rings. The van der Waals surface area contributed by atoms with Crippen molar-refractivity contribution in [1.82, 2.24) is 4.57 Å². The fraction of sp³-hybridized carbons (Fsp3) is 0.364. The largest absolute Gasteiger partial charge is 0.316 e. The molecule has 0 saturated heterocycles. The highest BCUT2D eigenvalue weighted by molar-refractivity contribution is 7.98. The first-order valence-electron chi connectivity index (χ1n) is 10.2. The molecule has 1 aromatic heterocycles. The van der Waals surface area contributed by atoms with Gasteiger partial charge >= 0.3 is 0 Å². The molecular formula is C22H26N2O5S4. The van der Waals surface area contributed by atoms with E-state index in [0.29, 0.717) is 11.3 Å². The molecule has 0 atom stereocenters. The smallest absolute Gasteiger partial charge is 0.248 e. The second-order valence-corrected chi connectivity index (χ2v) is 13.8. The van der Waals surface area contributed by atoms with E-state index in [1.165, 1.54) is 11.3 Å². The fourth-order valence-electron chi connectivity index (χ4n) is 3.27. The van der Waals surface area contributed by atoms with Gasteiger partial charge < -0.3 is 4.57 Å². The van der Waals surface area contributed by atoms with E-state index in [0.717, 1.165) is 27.8 Å². The SMILES string of the molecule is CSCCn1c(=NC(=O)CCCS(=O)(=O)Cc2ccccc2)sc2cc(S(C)(=O)=O)ccc21. The van der Waals surface area contributed by atoms with Gasteiger partial charge in [-0.1, -0.05) is 41.7 Å². The summed E-state index contributed by atoms with van der Waals surface area (Å²) in [6.45, 7) is 0.622. The van der Waals surface area contributed by atoms with Crippen molar-refractivity contribution in [1.29, 1.82) is 0 Å². The van der Waals surface area contributed by atoms with Crippen LogP contribution in [-0.2, 0) is 36.8 Å². The summed E-state index contributed by atoms with van der Waals surface area (Å²) in [5.74, 6) is 0.281. The molecule has 3 rings (SSSR count). The summed E-state index contributed by atoms with van der Waals surface area (Å²) in [4.78, 5) is 17.5. The van der Waals surface area contributed by atoms with Crippen molar-refractivity contribution in [3.05, 3.63) is 58.9 Å². The van der Waals surface area contributed by atoms with Crippen LogP contribution in [-0.4, -0.2) is 51.3 Å². The number of benzene rings is 2. The Morgan fingerprint density at radius 2 is 1.82 bits per heavy atom. The molecule has 2 aromatic carbocycles. The van der Waals surface area contributed by atoms with Crippen LogP contribution in [0.4, 0.5) is 0 Å². The average Bonchev–Trinajstić information content (AvgIpc) is 3.07. The molecule has 11 heteroatoms. The molecule has 178 valence electrons.